The summed E-state index contributed by atoms with van der Waals surface area (Å²) in [6.45, 7) is 6.54. The van der Waals surface area contributed by atoms with E-state index in [1.165, 1.54) is 5.56 Å². The number of aryl methyl sites for hydroxylation is 1. The van der Waals surface area contributed by atoms with Crippen LogP contribution in [0.15, 0.2) is 42.5 Å². The molecule has 0 bridgehead atoms. The fraction of sp³-hybridized carbons (Fsp3) is 0.333. The Kier molecular flexibility index (Phi) is 7.37. The molecule has 4 N–H and O–H groups in total. The number of anilines is 1. The van der Waals surface area contributed by atoms with E-state index in [0.29, 0.717) is 18.2 Å². The lowest BCUT2D eigenvalue weighted by atomic mass is 10.0. The average Bonchev–Trinajstić information content (AvgIpc) is 2.65. The summed E-state index contributed by atoms with van der Waals surface area (Å²) in [5, 5.41) is 5.14. The molecule has 2 amide bonds. The van der Waals surface area contributed by atoms with Gasteiger partial charge in [0.2, 0.25) is 11.8 Å². The van der Waals surface area contributed by atoms with Crippen LogP contribution in [0.25, 0.3) is 0 Å². The molecule has 27 heavy (non-hydrogen) atoms. The van der Waals surface area contributed by atoms with Crippen molar-refractivity contribution in [3.8, 4) is 5.75 Å². The Bertz CT molecular complexity index is 786. The van der Waals surface area contributed by atoms with Gasteiger partial charge in [-0.2, -0.15) is 0 Å². The zero-order chi connectivity index (χ0) is 19.8. The van der Waals surface area contributed by atoms with Crippen LogP contribution < -0.4 is 21.1 Å². The number of rotatable bonds is 8. The Hall–Kier alpha value is -2.86. The Balaban J connectivity index is 1.92. The lowest BCUT2D eigenvalue weighted by Crippen LogP contribution is -2.36. The van der Waals surface area contributed by atoms with Crippen LogP contribution in [-0.2, 0) is 16.2 Å². The van der Waals surface area contributed by atoms with Gasteiger partial charge in [-0.15, -0.1) is 0 Å². The van der Waals surface area contributed by atoms with Crippen LogP contribution in [0.1, 0.15) is 36.5 Å². The van der Waals surface area contributed by atoms with Crippen molar-refractivity contribution < 1.29 is 14.3 Å². The molecular formula is C21H27N3O3. The third-order valence-electron chi connectivity index (χ3n) is 4.05. The summed E-state index contributed by atoms with van der Waals surface area (Å²) in [6.07, 6.45) is 0. The third-order valence-corrected chi connectivity index (χ3v) is 4.05. The number of carbonyl (C=O) groups is 2. The van der Waals surface area contributed by atoms with Crippen molar-refractivity contribution in [2.24, 2.45) is 5.73 Å². The smallest absolute Gasteiger partial charge is 0.243 e. The highest BCUT2D eigenvalue weighted by Crippen LogP contribution is 2.28. The van der Waals surface area contributed by atoms with E-state index in [0.717, 1.165) is 16.9 Å². The third kappa shape index (κ3) is 6.42. The first kappa shape index (κ1) is 20.5. The fourth-order valence-corrected chi connectivity index (χ4v) is 2.55. The Morgan fingerprint density at radius 2 is 1.78 bits per heavy atom. The molecular weight excluding hydrogens is 342 g/mol. The first-order valence-electron chi connectivity index (χ1n) is 8.98. The van der Waals surface area contributed by atoms with Gasteiger partial charge < -0.3 is 21.1 Å². The van der Waals surface area contributed by atoms with Gasteiger partial charge in [-0.25, -0.2) is 0 Å². The number of nitrogens with two attached hydrogens (primary N) is 1. The van der Waals surface area contributed by atoms with E-state index in [1.54, 1.807) is 12.1 Å². The highest BCUT2D eigenvalue weighted by Gasteiger charge is 2.09. The first-order valence-corrected chi connectivity index (χ1v) is 8.98. The van der Waals surface area contributed by atoms with Crippen LogP contribution in [0.5, 0.6) is 5.75 Å². The molecule has 0 aliphatic carbocycles. The second-order valence-electron chi connectivity index (χ2n) is 6.71. The highest BCUT2D eigenvalue weighted by atomic mass is 16.5. The molecule has 0 spiro atoms. The molecule has 0 fully saturated rings. The number of ether oxygens (including phenoxy) is 1. The number of nitrogens with one attached hydrogen (secondary N) is 2. The lowest BCUT2D eigenvalue weighted by Gasteiger charge is -2.15. The van der Waals surface area contributed by atoms with Crippen LogP contribution in [0.4, 0.5) is 5.69 Å². The maximum atomic E-state index is 11.8. The number of benzene rings is 2. The van der Waals surface area contributed by atoms with Crippen molar-refractivity contribution in [1.82, 2.24) is 5.32 Å². The SMILES string of the molecule is Cc1ccc(C(C)C)c(OCc2ccc(NC(=O)CNC(=O)CN)cc2)c1. The quantitative estimate of drug-likeness (QED) is 0.667. The second kappa shape index (κ2) is 9.73. The molecule has 6 nitrogen and oxygen atoms in total. The van der Waals surface area contributed by atoms with Crippen molar-refractivity contribution in [3.63, 3.8) is 0 Å². The molecule has 0 atom stereocenters. The predicted octanol–water partition coefficient (Wildman–Crippen LogP) is 2.71. The van der Waals surface area contributed by atoms with E-state index in [2.05, 4.69) is 42.7 Å². The van der Waals surface area contributed by atoms with Crippen molar-refractivity contribution in [1.29, 1.82) is 0 Å². The molecule has 2 aromatic carbocycles. The maximum absolute atomic E-state index is 11.8. The van der Waals surface area contributed by atoms with Gasteiger partial charge in [0.05, 0.1) is 13.1 Å². The number of hydrogen-bond acceptors (Lipinski definition) is 4. The van der Waals surface area contributed by atoms with Gasteiger partial charge in [0.15, 0.2) is 0 Å². The average molecular weight is 369 g/mol. The molecule has 0 aliphatic heterocycles. The lowest BCUT2D eigenvalue weighted by molar-refractivity contribution is -0.123. The summed E-state index contributed by atoms with van der Waals surface area (Å²) < 4.78 is 6.02. The molecule has 2 aromatic rings. The zero-order valence-corrected chi connectivity index (χ0v) is 16.0. The minimum atomic E-state index is -0.366. The summed E-state index contributed by atoms with van der Waals surface area (Å²) in [6, 6.07) is 13.7. The van der Waals surface area contributed by atoms with E-state index in [1.807, 2.05) is 19.1 Å². The Morgan fingerprint density at radius 3 is 2.41 bits per heavy atom. The van der Waals surface area contributed by atoms with Crippen molar-refractivity contribution in [3.05, 3.63) is 59.2 Å². The molecule has 6 heteroatoms. The van der Waals surface area contributed by atoms with Gasteiger partial charge in [0.25, 0.3) is 0 Å². The summed E-state index contributed by atoms with van der Waals surface area (Å²) in [4.78, 5) is 22.8. The van der Waals surface area contributed by atoms with Crippen LogP contribution in [0.3, 0.4) is 0 Å². The van der Waals surface area contributed by atoms with Crippen LogP contribution in [-0.4, -0.2) is 24.9 Å². The summed E-state index contributed by atoms with van der Waals surface area (Å²) in [7, 11) is 0. The van der Waals surface area contributed by atoms with Gasteiger partial charge in [-0.05, 0) is 47.7 Å². The molecule has 0 saturated heterocycles. The monoisotopic (exact) mass is 369 g/mol. The molecule has 0 aliphatic rings. The number of carbonyl (C=O) groups excluding carboxylic acids is 2. The van der Waals surface area contributed by atoms with E-state index in [9.17, 15) is 9.59 Å². The maximum Gasteiger partial charge on any atom is 0.243 e. The van der Waals surface area contributed by atoms with Crippen molar-refractivity contribution in [2.75, 3.05) is 18.4 Å². The molecule has 2 rings (SSSR count). The summed E-state index contributed by atoms with van der Waals surface area (Å²) in [5.41, 5.74) is 9.18. The predicted molar refractivity (Wildman–Crippen MR) is 107 cm³/mol. The van der Waals surface area contributed by atoms with E-state index in [4.69, 9.17) is 10.5 Å². The normalized spacial score (nSPS) is 10.6. The largest absolute Gasteiger partial charge is 0.489 e. The first-order chi connectivity index (χ1) is 12.9. The highest BCUT2D eigenvalue weighted by molar-refractivity contribution is 5.94. The fourth-order valence-electron chi connectivity index (χ4n) is 2.55. The molecule has 0 aromatic heterocycles. The van der Waals surface area contributed by atoms with Gasteiger partial charge in [0.1, 0.15) is 12.4 Å². The van der Waals surface area contributed by atoms with E-state index in [-0.39, 0.29) is 24.9 Å². The molecule has 0 radical (unpaired) electrons. The standard InChI is InChI=1S/C21H27N3O3/c1-14(2)18-9-4-15(3)10-19(18)27-13-16-5-7-17(8-6-16)24-21(26)12-23-20(25)11-22/h4-10,14H,11-13,22H2,1-3H3,(H,23,25)(H,24,26). The van der Waals surface area contributed by atoms with Crippen molar-refractivity contribution >= 4 is 17.5 Å². The van der Waals surface area contributed by atoms with E-state index < -0.39 is 0 Å². The van der Waals surface area contributed by atoms with Crippen LogP contribution in [0.2, 0.25) is 0 Å². The number of amides is 2. The molecule has 0 saturated carbocycles. The minimum Gasteiger partial charge on any atom is -0.489 e. The van der Waals surface area contributed by atoms with Crippen molar-refractivity contribution in [2.45, 2.75) is 33.3 Å². The topological polar surface area (TPSA) is 93.5 Å². The van der Waals surface area contributed by atoms with E-state index >= 15 is 0 Å². The zero-order valence-electron chi connectivity index (χ0n) is 16.0. The van der Waals surface area contributed by atoms with Gasteiger partial charge in [0, 0.05) is 5.69 Å². The second-order valence-corrected chi connectivity index (χ2v) is 6.71. The van der Waals surface area contributed by atoms with Crippen LogP contribution >= 0.6 is 0 Å². The Morgan fingerprint density at radius 1 is 1.07 bits per heavy atom. The van der Waals surface area contributed by atoms with Gasteiger partial charge >= 0.3 is 0 Å². The molecule has 0 unspecified atom stereocenters. The van der Waals surface area contributed by atoms with Crippen LogP contribution in [0, 0.1) is 6.92 Å². The summed E-state index contributed by atoms with van der Waals surface area (Å²) >= 11 is 0. The van der Waals surface area contributed by atoms with Gasteiger partial charge in [-0.1, -0.05) is 38.1 Å². The van der Waals surface area contributed by atoms with Gasteiger partial charge in [-0.3, -0.25) is 9.59 Å². The Labute approximate surface area is 160 Å². The molecule has 0 heterocycles. The minimum absolute atomic E-state index is 0.105. The number of hydrogen-bond donors (Lipinski definition) is 3. The summed E-state index contributed by atoms with van der Waals surface area (Å²) in [5.74, 6) is 0.618. The molecule has 144 valence electrons.